The summed E-state index contributed by atoms with van der Waals surface area (Å²) in [5, 5.41) is 12.3. The van der Waals surface area contributed by atoms with Crippen molar-refractivity contribution in [1.82, 2.24) is 9.97 Å². The zero-order valence-electron chi connectivity index (χ0n) is 13.0. The van der Waals surface area contributed by atoms with Gasteiger partial charge in [-0.3, -0.25) is 4.98 Å². The van der Waals surface area contributed by atoms with Crippen LogP contribution < -0.4 is 5.32 Å². The van der Waals surface area contributed by atoms with E-state index < -0.39 is 0 Å². The predicted octanol–water partition coefficient (Wildman–Crippen LogP) is 4.07. The number of hydrogen-bond donors (Lipinski definition) is 1. The maximum absolute atomic E-state index is 9.15. The van der Waals surface area contributed by atoms with Gasteiger partial charge in [0.15, 0.2) is 5.89 Å². The molecule has 22 heavy (non-hydrogen) atoms. The molecule has 0 aliphatic rings. The fraction of sp³-hybridized carbons (Fsp3) is 0.471. The van der Waals surface area contributed by atoms with Crippen molar-refractivity contribution in [3.05, 3.63) is 41.7 Å². The van der Waals surface area contributed by atoms with Crippen molar-refractivity contribution >= 4 is 5.88 Å². The number of aromatic nitrogens is 2. The average molecular weight is 298 g/mol. The van der Waals surface area contributed by atoms with E-state index in [9.17, 15) is 0 Å². The van der Waals surface area contributed by atoms with Gasteiger partial charge in [0, 0.05) is 25.4 Å². The highest BCUT2D eigenvalue weighted by atomic mass is 16.4. The number of rotatable bonds is 9. The van der Waals surface area contributed by atoms with Gasteiger partial charge in [-0.05, 0) is 24.1 Å². The van der Waals surface area contributed by atoms with E-state index in [-0.39, 0.29) is 0 Å². The van der Waals surface area contributed by atoms with E-state index in [1.165, 1.54) is 25.7 Å². The van der Waals surface area contributed by atoms with E-state index in [0.717, 1.165) is 18.4 Å². The zero-order valence-corrected chi connectivity index (χ0v) is 13.0. The first kappa shape index (κ1) is 16.0. The van der Waals surface area contributed by atoms with Gasteiger partial charge in [0.25, 0.3) is 0 Å². The van der Waals surface area contributed by atoms with Gasteiger partial charge in [0.05, 0.1) is 0 Å². The summed E-state index contributed by atoms with van der Waals surface area (Å²) in [7, 11) is 0. The van der Waals surface area contributed by atoms with Crippen LogP contribution in [0.2, 0.25) is 0 Å². The molecule has 0 radical (unpaired) electrons. The molecule has 0 aliphatic heterocycles. The summed E-state index contributed by atoms with van der Waals surface area (Å²) in [6.07, 6.45) is 10.3. The average Bonchev–Trinajstić information content (AvgIpc) is 2.96. The number of unbranched alkanes of at least 4 members (excludes halogenated alkanes) is 4. The first-order valence-electron chi connectivity index (χ1n) is 7.86. The van der Waals surface area contributed by atoms with E-state index >= 15 is 0 Å². The quantitative estimate of drug-likeness (QED) is 0.706. The lowest BCUT2D eigenvalue weighted by Crippen LogP contribution is -1.99. The second kappa shape index (κ2) is 8.83. The van der Waals surface area contributed by atoms with Crippen LogP contribution in [0, 0.1) is 11.3 Å². The Hall–Kier alpha value is -2.35. The lowest BCUT2D eigenvalue weighted by atomic mass is 10.1. The fourth-order valence-corrected chi connectivity index (χ4v) is 2.23. The lowest BCUT2D eigenvalue weighted by Gasteiger charge is -2.02. The molecule has 5 heteroatoms. The van der Waals surface area contributed by atoms with Crippen molar-refractivity contribution in [1.29, 1.82) is 5.26 Å². The van der Waals surface area contributed by atoms with Crippen molar-refractivity contribution in [3.8, 4) is 6.07 Å². The van der Waals surface area contributed by atoms with E-state index in [1.54, 1.807) is 12.4 Å². The third-order valence-corrected chi connectivity index (χ3v) is 3.47. The molecule has 2 rings (SSSR count). The minimum Gasteiger partial charge on any atom is -0.424 e. The van der Waals surface area contributed by atoms with E-state index in [2.05, 4.69) is 28.3 Å². The van der Waals surface area contributed by atoms with Crippen LogP contribution >= 0.6 is 0 Å². The number of aryl methyl sites for hydroxylation is 1. The molecule has 0 atom stereocenters. The molecule has 0 aromatic carbocycles. The van der Waals surface area contributed by atoms with E-state index in [0.29, 0.717) is 24.0 Å². The Morgan fingerprint density at radius 3 is 2.68 bits per heavy atom. The number of nitrogens with zero attached hydrogens (tertiary/aromatic N) is 3. The molecule has 2 aromatic rings. The topological polar surface area (TPSA) is 74.7 Å². The van der Waals surface area contributed by atoms with Gasteiger partial charge in [-0.15, -0.1) is 0 Å². The predicted molar refractivity (Wildman–Crippen MR) is 85.2 cm³/mol. The number of pyridine rings is 1. The summed E-state index contributed by atoms with van der Waals surface area (Å²) in [6.45, 7) is 2.79. The molecular formula is C17H22N4O. The van der Waals surface area contributed by atoms with Crippen LogP contribution in [0.15, 0.2) is 28.9 Å². The fourth-order valence-electron chi connectivity index (χ4n) is 2.23. The first-order valence-corrected chi connectivity index (χ1v) is 7.86. The molecule has 5 nitrogen and oxygen atoms in total. The molecule has 0 saturated carbocycles. The second-order valence-electron chi connectivity index (χ2n) is 5.27. The highest BCUT2D eigenvalue weighted by Crippen LogP contribution is 2.19. The molecule has 2 aromatic heterocycles. The number of nitrogens with one attached hydrogen (secondary N) is 1. The number of hydrogen-bond acceptors (Lipinski definition) is 5. The standard InChI is InChI=1S/C17H22N4O/c1-2-3-4-5-6-7-16-21-15(12-18)17(22-16)20-13-14-8-10-19-11-9-14/h8-11,20H,2-7,13H2,1H3. The molecule has 0 unspecified atom stereocenters. The van der Waals surface area contributed by atoms with Gasteiger partial charge in [-0.1, -0.05) is 32.6 Å². The maximum atomic E-state index is 9.15. The minimum absolute atomic E-state index is 0.331. The van der Waals surface area contributed by atoms with Gasteiger partial charge in [-0.2, -0.15) is 5.26 Å². The van der Waals surface area contributed by atoms with Crippen molar-refractivity contribution in [2.75, 3.05) is 5.32 Å². The summed E-state index contributed by atoms with van der Waals surface area (Å²) < 4.78 is 5.67. The molecular weight excluding hydrogens is 276 g/mol. The summed E-state index contributed by atoms with van der Waals surface area (Å²) in [5.41, 5.74) is 1.41. The molecule has 2 heterocycles. The molecule has 0 bridgehead atoms. The molecule has 116 valence electrons. The maximum Gasteiger partial charge on any atom is 0.232 e. The Labute approximate surface area is 131 Å². The van der Waals surface area contributed by atoms with Crippen LogP contribution in [-0.4, -0.2) is 9.97 Å². The van der Waals surface area contributed by atoms with Crippen LogP contribution in [0.1, 0.15) is 56.2 Å². The summed E-state index contributed by atoms with van der Waals surface area (Å²) >= 11 is 0. The molecule has 0 saturated heterocycles. The van der Waals surface area contributed by atoms with Gasteiger partial charge < -0.3 is 9.73 Å². The largest absolute Gasteiger partial charge is 0.424 e. The highest BCUT2D eigenvalue weighted by Gasteiger charge is 2.12. The zero-order chi connectivity index (χ0) is 15.6. The van der Waals surface area contributed by atoms with Crippen molar-refractivity contribution in [2.45, 2.75) is 52.0 Å². The molecule has 0 amide bonds. The summed E-state index contributed by atoms with van der Waals surface area (Å²) in [5.74, 6) is 1.10. The normalized spacial score (nSPS) is 10.4. The third-order valence-electron chi connectivity index (χ3n) is 3.47. The molecule has 0 fully saturated rings. The Kier molecular flexibility index (Phi) is 6.43. The van der Waals surface area contributed by atoms with Crippen molar-refractivity contribution < 1.29 is 4.42 Å². The van der Waals surface area contributed by atoms with Crippen LogP contribution in [-0.2, 0) is 13.0 Å². The van der Waals surface area contributed by atoms with Gasteiger partial charge in [-0.25, -0.2) is 4.98 Å². The van der Waals surface area contributed by atoms with Crippen molar-refractivity contribution in [3.63, 3.8) is 0 Å². The van der Waals surface area contributed by atoms with Crippen LogP contribution in [0.3, 0.4) is 0 Å². The monoisotopic (exact) mass is 298 g/mol. The molecule has 0 aliphatic carbocycles. The Morgan fingerprint density at radius 2 is 1.95 bits per heavy atom. The number of nitriles is 1. The summed E-state index contributed by atoms with van der Waals surface area (Å²) in [6, 6.07) is 5.92. The second-order valence-corrected chi connectivity index (χ2v) is 5.27. The lowest BCUT2D eigenvalue weighted by molar-refractivity contribution is 0.487. The van der Waals surface area contributed by atoms with Crippen LogP contribution in [0.4, 0.5) is 5.88 Å². The molecule has 0 spiro atoms. The Morgan fingerprint density at radius 1 is 1.18 bits per heavy atom. The Balaban J connectivity index is 1.87. The van der Waals surface area contributed by atoms with Gasteiger partial charge in [0.2, 0.25) is 11.6 Å². The van der Waals surface area contributed by atoms with Gasteiger partial charge in [0.1, 0.15) is 6.07 Å². The SMILES string of the molecule is CCCCCCCc1nc(C#N)c(NCc2ccncc2)o1. The minimum atomic E-state index is 0.331. The van der Waals surface area contributed by atoms with Crippen molar-refractivity contribution in [2.24, 2.45) is 0 Å². The highest BCUT2D eigenvalue weighted by molar-refractivity contribution is 5.45. The number of oxazole rings is 1. The third kappa shape index (κ3) is 4.88. The smallest absolute Gasteiger partial charge is 0.232 e. The summed E-state index contributed by atoms with van der Waals surface area (Å²) in [4.78, 5) is 8.23. The number of anilines is 1. The van der Waals surface area contributed by atoms with Gasteiger partial charge >= 0.3 is 0 Å². The van der Waals surface area contributed by atoms with E-state index in [4.69, 9.17) is 9.68 Å². The van der Waals surface area contributed by atoms with E-state index in [1.807, 2.05) is 12.1 Å². The van der Waals surface area contributed by atoms with Crippen LogP contribution in [0.5, 0.6) is 0 Å². The first-order chi connectivity index (χ1) is 10.8. The molecule has 1 N–H and O–H groups in total. The Bertz CT molecular complexity index is 601. The van der Waals surface area contributed by atoms with Crippen LogP contribution in [0.25, 0.3) is 0 Å².